The Hall–Kier alpha value is -2.70. The van der Waals surface area contributed by atoms with E-state index >= 15 is 0 Å². The SMILES string of the molecule is COc1cc2sc(NC(=O)c3cccc(Cl)c3)nc2c2cccnc12. The summed E-state index contributed by atoms with van der Waals surface area (Å²) in [6.07, 6.45) is 1.71. The third kappa shape index (κ3) is 2.90. The van der Waals surface area contributed by atoms with Gasteiger partial charge in [0.15, 0.2) is 5.13 Å². The molecule has 2 aromatic heterocycles. The number of halogens is 1. The maximum Gasteiger partial charge on any atom is 0.257 e. The lowest BCUT2D eigenvalue weighted by atomic mass is 10.2. The number of anilines is 1. The van der Waals surface area contributed by atoms with E-state index in [1.165, 1.54) is 11.3 Å². The predicted molar refractivity (Wildman–Crippen MR) is 101 cm³/mol. The maximum atomic E-state index is 12.4. The summed E-state index contributed by atoms with van der Waals surface area (Å²) < 4.78 is 6.34. The molecule has 0 bridgehead atoms. The molecule has 7 heteroatoms. The van der Waals surface area contributed by atoms with Crippen molar-refractivity contribution in [3.63, 3.8) is 0 Å². The van der Waals surface area contributed by atoms with Crippen LogP contribution in [-0.4, -0.2) is 23.0 Å². The minimum absolute atomic E-state index is 0.254. The first-order valence-electron chi connectivity index (χ1n) is 7.45. The van der Waals surface area contributed by atoms with Gasteiger partial charge < -0.3 is 4.74 Å². The van der Waals surface area contributed by atoms with Crippen molar-refractivity contribution in [2.45, 2.75) is 0 Å². The van der Waals surface area contributed by atoms with Gasteiger partial charge in [0.05, 0.1) is 17.3 Å². The highest BCUT2D eigenvalue weighted by Gasteiger charge is 2.15. The van der Waals surface area contributed by atoms with Crippen molar-refractivity contribution in [2.75, 3.05) is 12.4 Å². The Kier molecular flexibility index (Phi) is 3.99. The van der Waals surface area contributed by atoms with E-state index in [2.05, 4.69) is 15.3 Å². The minimum atomic E-state index is -0.254. The predicted octanol–water partition coefficient (Wildman–Crippen LogP) is 4.76. The average molecular weight is 370 g/mol. The number of nitrogens with one attached hydrogen (secondary N) is 1. The second-order valence-corrected chi connectivity index (χ2v) is 6.78. The van der Waals surface area contributed by atoms with Crippen LogP contribution >= 0.6 is 22.9 Å². The molecule has 0 saturated heterocycles. The molecule has 0 atom stereocenters. The summed E-state index contributed by atoms with van der Waals surface area (Å²) in [5.74, 6) is 0.426. The molecule has 0 fully saturated rings. The zero-order chi connectivity index (χ0) is 17.4. The Morgan fingerprint density at radius 2 is 2.08 bits per heavy atom. The molecule has 0 aliphatic rings. The molecule has 4 rings (SSSR count). The van der Waals surface area contributed by atoms with Crippen LogP contribution in [0.25, 0.3) is 21.1 Å². The van der Waals surface area contributed by atoms with Gasteiger partial charge in [-0.2, -0.15) is 0 Å². The highest BCUT2D eigenvalue weighted by molar-refractivity contribution is 7.22. The number of thiazole rings is 1. The van der Waals surface area contributed by atoms with Crippen LogP contribution in [0.1, 0.15) is 10.4 Å². The van der Waals surface area contributed by atoms with Crippen LogP contribution in [0.3, 0.4) is 0 Å². The van der Waals surface area contributed by atoms with Gasteiger partial charge in [-0.15, -0.1) is 0 Å². The molecule has 4 aromatic rings. The van der Waals surface area contributed by atoms with E-state index in [-0.39, 0.29) is 5.91 Å². The lowest BCUT2D eigenvalue weighted by Crippen LogP contribution is -2.11. The molecule has 25 heavy (non-hydrogen) atoms. The third-order valence-electron chi connectivity index (χ3n) is 3.74. The number of pyridine rings is 1. The third-order valence-corrected chi connectivity index (χ3v) is 4.89. The van der Waals surface area contributed by atoms with Crippen molar-refractivity contribution in [3.05, 3.63) is 59.2 Å². The molecule has 2 heterocycles. The molecule has 0 radical (unpaired) electrons. The van der Waals surface area contributed by atoms with Gasteiger partial charge in [0.1, 0.15) is 11.3 Å². The number of ether oxygens (including phenoxy) is 1. The van der Waals surface area contributed by atoms with Crippen LogP contribution in [0.15, 0.2) is 48.7 Å². The summed E-state index contributed by atoms with van der Waals surface area (Å²) in [5, 5.41) is 4.74. The first-order valence-corrected chi connectivity index (χ1v) is 8.64. The van der Waals surface area contributed by atoms with E-state index in [4.69, 9.17) is 16.3 Å². The fourth-order valence-electron chi connectivity index (χ4n) is 2.61. The first-order chi connectivity index (χ1) is 12.2. The monoisotopic (exact) mass is 369 g/mol. The number of hydrogen-bond acceptors (Lipinski definition) is 5. The van der Waals surface area contributed by atoms with E-state index in [0.717, 1.165) is 21.1 Å². The number of methoxy groups -OCH3 is 1. The van der Waals surface area contributed by atoms with Crippen LogP contribution in [-0.2, 0) is 0 Å². The zero-order valence-electron chi connectivity index (χ0n) is 13.1. The smallest absolute Gasteiger partial charge is 0.257 e. The molecule has 0 aliphatic heterocycles. The summed E-state index contributed by atoms with van der Waals surface area (Å²) in [5.41, 5.74) is 2.02. The van der Waals surface area contributed by atoms with Gasteiger partial charge in [0.2, 0.25) is 0 Å². The number of carbonyl (C=O) groups excluding carboxylic acids is 1. The van der Waals surface area contributed by atoms with Crippen LogP contribution < -0.4 is 10.1 Å². The highest BCUT2D eigenvalue weighted by atomic mass is 35.5. The molecule has 124 valence electrons. The first kappa shape index (κ1) is 15.8. The quantitative estimate of drug-likeness (QED) is 0.565. The molecular formula is C18H12ClN3O2S. The van der Waals surface area contributed by atoms with Gasteiger partial charge >= 0.3 is 0 Å². The number of aromatic nitrogens is 2. The standard InChI is InChI=1S/C18H12ClN3O2S/c1-24-13-9-14-16(12-6-3-7-20-15(12)13)21-18(25-14)22-17(23)10-4-2-5-11(19)8-10/h2-9H,1H3,(H,21,22,23). The normalized spacial score (nSPS) is 11.0. The number of rotatable bonds is 3. The molecule has 0 saturated carbocycles. The molecule has 5 nitrogen and oxygen atoms in total. The summed E-state index contributed by atoms with van der Waals surface area (Å²) in [6.45, 7) is 0. The van der Waals surface area contributed by atoms with Gasteiger partial charge in [-0.3, -0.25) is 15.1 Å². The number of benzene rings is 2. The van der Waals surface area contributed by atoms with Crippen LogP contribution in [0.4, 0.5) is 5.13 Å². The highest BCUT2D eigenvalue weighted by Crippen LogP contribution is 2.36. The maximum absolute atomic E-state index is 12.4. The van der Waals surface area contributed by atoms with Gasteiger partial charge in [0, 0.05) is 28.2 Å². The molecule has 0 spiro atoms. The van der Waals surface area contributed by atoms with E-state index in [1.54, 1.807) is 37.6 Å². The van der Waals surface area contributed by atoms with Crippen molar-refractivity contribution >= 4 is 55.1 Å². The van der Waals surface area contributed by atoms with Gasteiger partial charge in [-0.05, 0) is 30.3 Å². The van der Waals surface area contributed by atoms with E-state index in [1.807, 2.05) is 18.2 Å². The lowest BCUT2D eigenvalue weighted by molar-refractivity contribution is 0.102. The van der Waals surface area contributed by atoms with Crippen molar-refractivity contribution in [1.82, 2.24) is 9.97 Å². The second-order valence-electron chi connectivity index (χ2n) is 5.31. The van der Waals surface area contributed by atoms with Crippen LogP contribution in [0, 0.1) is 0 Å². The summed E-state index contributed by atoms with van der Waals surface area (Å²) in [4.78, 5) is 21.3. The topological polar surface area (TPSA) is 64.1 Å². The summed E-state index contributed by atoms with van der Waals surface area (Å²) in [6, 6.07) is 12.5. The van der Waals surface area contributed by atoms with Crippen LogP contribution in [0.2, 0.25) is 5.02 Å². The molecule has 0 aliphatic carbocycles. The summed E-state index contributed by atoms with van der Waals surface area (Å²) in [7, 11) is 1.61. The Morgan fingerprint density at radius 3 is 2.88 bits per heavy atom. The fraction of sp³-hybridized carbons (Fsp3) is 0.0556. The number of fused-ring (bicyclic) bond motifs is 3. The minimum Gasteiger partial charge on any atom is -0.494 e. The zero-order valence-corrected chi connectivity index (χ0v) is 14.7. The van der Waals surface area contributed by atoms with E-state index < -0.39 is 0 Å². The van der Waals surface area contributed by atoms with Crippen LogP contribution in [0.5, 0.6) is 5.75 Å². The van der Waals surface area contributed by atoms with Crippen molar-refractivity contribution < 1.29 is 9.53 Å². The van der Waals surface area contributed by atoms with Gasteiger partial charge in [0.25, 0.3) is 5.91 Å². The van der Waals surface area contributed by atoms with Crippen molar-refractivity contribution in [3.8, 4) is 5.75 Å². The average Bonchev–Trinajstić information content (AvgIpc) is 3.03. The number of nitrogens with zero attached hydrogens (tertiary/aromatic N) is 2. The molecule has 0 unspecified atom stereocenters. The Morgan fingerprint density at radius 1 is 1.20 bits per heavy atom. The molecule has 1 amide bonds. The fourth-order valence-corrected chi connectivity index (χ4v) is 3.71. The van der Waals surface area contributed by atoms with Gasteiger partial charge in [-0.1, -0.05) is 29.0 Å². The van der Waals surface area contributed by atoms with Crippen molar-refractivity contribution in [2.24, 2.45) is 0 Å². The molecular weight excluding hydrogens is 358 g/mol. The number of amides is 1. The lowest BCUT2D eigenvalue weighted by Gasteiger charge is -2.04. The van der Waals surface area contributed by atoms with Gasteiger partial charge in [-0.25, -0.2) is 4.98 Å². The Balaban J connectivity index is 1.76. The molecule has 1 N–H and O–H groups in total. The second kappa shape index (κ2) is 6.31. The number of carbonyl (C=O) groups is 1. The Labute approximate surface area is 152 Å². The summed E-state index contributed by atoms with van der Waals surface area (Å²) >= 11 is 7.33. The number of hydrogen-bond donors (Lipinski definition) is 1. The molecule has 2 aromatic carbocycles. The van der Waals surface area contributed by atoms with E-state index in [0.29, 0.717) is 21.5 Å². The largest absolute Gasteiger partial charge is 0.494 e. The van der Waals surface area contributed by atoms with E-state index in [9.17, 15) is 4.79 Å². The van der Waals surface area contributed by atoms with Crippen molar-refractivity contribution in [1.29, 1.82) is 0 Å². The Bertz CT molecular complexity index is 1110.